The standard InChI is InChI=1S/C21H42N4O5/c1-3-4-5-6-7-8-9-10-11-13-17(27)25-21(19(29)30,18(28)16(2)26)14-12-15-24-20(22)23/h16,18,26,28H,3-15H2,1-2H3,(H,25,27)(H,29,30)(H4,22,23,24)/t16?,18?,21-/m1/s1. The number of hydrogen-bond acceptors (Lipinski definition) is 5. The molecular weight excluding hydrogens is 388 g/mol. The highest BCUT2D eigenvalue weighted by molar-refractivity contribution is 5.87. The predicted molar refractivity (Wildman–Crippen MR) is 117 cm³/mol. The number of carboxylic acid groups (broad SMARTS) is 1. The Bertz CT molecular complexity index is 516. The SMILES string of the molecule is CCCCCCCCCCCC(=O)N[C@@](CCCNC(=N)N)(C(=O)O)C(O)C(C)O. The first kappa shape index (κ1) is 28.1. The van der Waals surface area contributed by atoms with E-state index in [2.05, 4.69) is 17.6 Å². The number of aliphatic hydroxyl groups is 2. The van der Waals surface area contributed by atoms with Gasteiger partial charge in [-0.1, -0.05) is 58.3 Å². The van der Waals surface area contributed by atoms with E-state index in [0.29, 0.717) is 6.42 Å². The van der Waals surface area contributed by atoms with Crippen LogP contribution in [0.5, 0.6) is 0 Å². The average Bonchev–Trinajstić information content (AvgIpc) is 2.67. The highest BCUT2D eigenvalue weighted by atomic mass is 16.4. The van der Waals surface area contributed by atoms with Crippen molar-refractivity contribution in [2.75, 3.05) is 6.54 Å². The molecule has 0 bridgehead atoms. The molecule has 176 valence electrons. The molecule has 0 saturated heterocycles. The summed E-state index contributed by atoms with van der Waals surface area (Å²) in [6, 6.07) is 0. The van der Waals surface area contributed by atoms with Crippen molar-refractivity contribution >= 4 is 17.8 Å². The summed E-state index contributed by atoms with van der Waals surface area (Å²) in [6.07, 6.45) is 7.20. The first-order chi connectivity index (χ1) is 14.2. The molecule has 0 aliphatic heterocycles. The van der Waals surface area contributed by atoms with Crippen molar-refractivity contribution in [3.05, 3.63) is 0 Å². The third kappa shape index (κ3) is 11.3. The molecule has 0 aromatic rings. The Morgan fingerprint density at radius 2 is 1.53 bits per heavy atom. The Balaban J connectivity index is 4.60. The van der Waals surface area contributed by atoms with E-state index < -0.39 is 29.6 Å². The Hall–Kier alpha value is -1.87. The fourth-order valence-corrected chi connectivity index (χ4v) is 3.48. The van der Waals surface area contributed by atoms with Crippen LogP contribution in [0.15, 0.2) is 0 Å². The zero-order valence-electron chi connectivity index (χ0n) is 18.6. The van der Waals surface area contributed by atoms with Crippen molar-refractivity contribution < 1.29 is 24.9 Å². The minimum absolute atomic E-state index is 0.113. The van der Waals surface area contributed by atoms with Gasteiger partial charge < -0.3 is 31.7 Å². The van der Waals surface area contributed by atoms with Crippen LogP contribution in [0.25, 0.3) is 0 Å². The second kappa shape index (κ2) is 15.9. The summed E-state index contributed by atoms with van der Waals surface area (Å²) in [7, 11) is 0. The molecule has 3 atom stereocenters. The van der Waals surface area contributed by atoms with Crippen molar-refractivity contribution in [1.29, 1.82) is 5.41 Å². The first-order valence-electron chi connectivity index (χ1n) is 11.2. The number of amides is 1. The van der Waals surface area contributed by atoms with Crippen LogP contribution >= 0.6 is 0 Å². The second-order valence-corrected chi connectivity index (χ2v) is 8.03. The van der Waals surface area contributed by atoms with Crippen LogP contribution in [-0.4, -0.2) is 57.4 Å². The van der Waals surface area contributed by atoms with Gasteiger partial charge in [0.2, 0.25) is 5.91 Å². The lowest BCUT2D eigenvalue weighted by Crippen LogP contribution is -2.65. The van der Waals surface area contributed by atoms with E-state index in [9.17, 15) is 24.9 Å². The Morgan fingerprint density at radius 1 is 1.00 bits per heavy atom. The molecule has 0 aliphatic rings. The zero-order valence-corrected chi connectivity index (χ0v) is 18.6. The lowest BCUT2D eigenvalue weighted by Gasteiger charge is -2.36. The summed E-state index contributed by atoms with van der Waals surface area (Å²) >= 11 is 0. The Labute approximate surface area is 180 Å². The van der Waals surface area contributed by atoms with E-state index in [-0.39, 0.29) is 31.8 Å². The van der Waals surface area contributed by atoms with Gasteiger partial charge in [0.1, 0.15) is 6.10 Å². The second-order valence-electron chi connectivity index (χ2n) is 8.03. The minimum atomic E-state index is -2.00. The molecule has 2 unspecified atom stereocenters. The quantitative estimate of drug-likeness (QED) is 0.0988. The number of unbranched alkanes of at least 4 members (excludes halogenated alkanes) is 8. The van der Waals surface area contributed by atoms with Crippen LogP contribution in [0.1, 0.15) is 90.9 Å². The number of aliphatic carboxylic acids is 1. The van der Waals surface area contributed by atoms with Gasteiger partial charge in [0.05, 0.1) is 6.10 Å². The number of carbonyl (C=O) groups excluding carboxylic acids is 1. The smallest absolute Gasteiger partial charge is 0.332 e. The van der Waals surface area contributed by atoms with Gasteiger partial charge in [-0.15, -0.1) is 0 Å². The summed E-state index contributed by atoms with van der Waals surface area (Å²) in [5.41, 5.74) is 3.21. The maximum Gasteiger partial charge on any atom is 0.332 e. The van der Waals surface area contributed by atoms with Crippen LogP contribution in [0.4, 0.5) is 0 Å². The third-order valence-electron chi connectivity index (χ3n) is 5.28. The van der Waals surface area contributed by atoms with E-state index in [1.54, 1.807) is 0 Å². The molecule has 0 aromatic carbocycles. The highest BCUT2D eigenvalue weighted by Gasteiger charge is 2.48. The lowest BCUT2D eigenvalue weighted by molar-refractivity contribution is -0.158. The molecule has 0 rings (SSSR count). The van der Waals surface area contributed by atoms with Gasteiger partial charge in [-0.05, 0) is 26.2 Å². The lowest BCUT2D eigenvalue weighted by atomic mass is 9.84. The molecule has 0 saturated carbocycles. The molecule has 0 fully saturated rings. The topological polar surface area (TPSA) is 169 Å². The number of hydrogen-bond donors (Lipinski definition) is 7. The van der Waals surface area contributed by atoms with Crippen LogP contribution in [0, 0.1) is 5.41 Å². The molecule has 9 heteroatoms. The monoisotopic (exact) mass is 430 g/mol. The fraction of sp³-hybridized carbons (Fsp3) is 0.857. The molecule has 9 nitrogen and oxygen atoms in total. The summed E-state index contributed by atoms with van der Waals surface area (Å²) < 4.78 is 0. The minimum Gasteiger partial charge on any atom is -0.479 e. The number of nitrogens with two attached hydrogens (primary N) is 1. The van der Waals surface area contributed by atoms with E-state index >= 15 is 0 Å². The number of carboxylic acids is 1. The van der Waals surface area contributed by atoms with Crippen molar-refractivity contribution in [2.45, 2.75) is 109 Å². The number of nitrogens with one attached hydrogen (secondary N) is 3. The molecule has 30 heavy (non-hydrogen) atoms. The highest BCUT2D eigenvalue weighted by Crippen LogP contribution is 2.22. The van der Waals surface area contributed by atoms with Crippen LogP contribution in [0.3, 0.4) is 0 Å². The maximum atomic E-state index is 12.4. The van der Waals surface area contributed by atoms with Gasteiger partial charge in [0.25, 0.3) is 0 Å². The van der Waals surface area contributed by atoms with Crippen molar-refractivity contribution in [3.8, 4) is 0 Å². The zero-order chi connectivity index (χ0) is 23.0. The van der Waals surface area contributed by atoms with Gasteiger partial charge in [0.15, 0.2) is 11.5 Å². The van der Waals surface area contributed by atoms with Crippen LogP contribution in [-0.2, 0) is 9.59 Å². The van der Waals surface area contributed by atoms with E-state index in [1.165, 1.54) is 39.0 Å². The molecule has 0 heterocycles. The van der Waals surface area contributed by atoms with E-state index in [1.807, 2.05) is 0 Å². The summed E-state index contributed by atoms with van der Waals surface area (Å²) in [5, 5.41) is 42.1. The van der Waals surface area contributed by atoms with Gasteiger partial charge in [-0.25, -0.2) is 4.79 Å². The summed E-state index contributed by atoms with van der Waals surface area (Å²) in [5.74, 6) is -2.11. The normalized spacial score (nSPS) is 15.1. The van der Waals surface area contributed by atoms with Gasteiger partial charge in [0, 0.05) is 13.0 Å². The largest absolute Gasteiger partial charge is 0.479 e. The van der Waals surface area contributed by atoms with Gasteiger partial charge in [-0.2, -0.15) is 0 Å². The number of rotatable bonds is 18. The van der Waals surface area contributed by atoms with E-state index in [4.69, 9.17) is 11.1 Å². The first-order valence-corrected chi connectivity index (χ1v) is 11.2. The van der Waals surface area contributed by atoms with Crippen molar-refractivity contribution in [1.82, 2.24) is 10.6 Å². The third-order valence-corrected chi connectivity index (χ3v) is 5.28. The molecule has 8 N–H and O–H groups in total. The van der Waals surface area contributed by atoms with Crippen molar-refractivity contribution in [3.63, 3.8) is 0 Å². The number of aliphatic hydroxyl groups excluding tert-OH is 2. The summed E-state index contributed by atoms with van der Waals surface area (Å²) in [6.45, 7) is 3.68. The molecule has 0 spiro atoms. The average molecular weight is 431 g/mol. The molecule has 1 amide bonds. The predicted octanol–water partition coefficient (Wildman–Crippen LogP) is 1.85. The van der Waals surface area contributed by atoms with Crippen molar-refractivity contribution in [2.24, 2.45) is 5.73 Å². The number of carbonyl (C=O) groups is 2. The fourth-order valence-electron chi connectivity index (χ4n) is 3.48. The van der Waals surface area contributed by atoms with Gasteiger partial charge in [-0.3, -0.25) is 10.2 Å². The molecular formula is C21H42N4O5. The van der Waals surface area contributed by atoms with Crippen LogP contribution in [0.2, 0.25) is 0 Å². The number of guanidine groups is 1. The van der Waals surface area contributed by atoms with Crippen LogP contribution < -0.4 is 16.4 Å². The molecule has 0 radical (unpaired) electrons. The summed E-state index contributed by atoms with van der Waals surface area (Å²) in [4.78, 5) is 24.4. The Kier molecular flexibility index (Phi) is 14.9. The van der Waals surface area contributed by atoms with E-state index in [0.717, 1.165) is 19.3 Å². The van der Waals surface area contributed by atoms with Gasteiger partial charge >= 0.3 is 5.97 Å². The maximum absolute atomic E-state index is 12.4. The molecule has 0 aromatic heterocycles. The molecule has 0 aliphatic carbocycles. The Morgan fingerprint density at radius 3 is 2.00 bits per heavy atom.